The summed E-state index contributed by atoms with van der Waals surface area (Å²) in [6.45, 7) is 4.63. The van der Waals surface area contributed by atoms with Crippen molar-refractivity contribution < 1.29 is 4.57 Å². The number of nitrogens with zero attached hydrogens (tertiary/aromatic N) is 1. The molecule has 0 fully saturated rings. The van der Waals surface area contributed by atoms with Gasteiger partial charge in [0.1, 0.15) is 0 Å². The summed E-state index contributed by atoms with van der Waals surface area (Å²) in [5, 5.41) is 1.31. The quantitative estimate of drug-likeness (QED) is 0.575. The number of rotatable bonds is 1. The number of para-hydroxylation sites is 1. The van der Waals surface area contributed by atoms with E-state index in [1.54, 1.807) is 0 Å². The van der Waals surface area contributed by atoms with Crippen LogP contribution < -0.4 is 4.57 Å². The van der Waals surface area contributed by atoms with Crippen LogP contribution in [0.3, 0.4) is 0 Å². The minimum Gasteiger partial charge on any atom is -0.182 e. The van der Waals surface area contributed by atoms with Gasteiger partial charge in [0.2, 0.25) is 11.2 Å². The van der Waals surface area contributed by atoms with Gasteiger partial charge in [-0.25, -0.2) is 0 Å². The summed E-state index contributed by atoms with van der Waals surface area (Å²) in [6.07, 6.45) is 1.09. The highest BCUT2D eigenvalue weighted by atomic mass is 15.1. The first-order valence-electron chi connectivity index (χ1n) is 7.30. The van der Waals surface area contributed by atoms with Crippen molar-refractivity contribution in [1.82, 2.24) is 0 Å². The van der Waals surface area contributed by atoms with E-state index < -0.39 is 0 Å². The predicted octanol–water partition coefficient (Wildman–Crippen LogP) is 4.28. The van der Waals surface area contributed by atoms with Crippen LogP contribution in [0.1, 0.15) is 25.8 Å². The molecule has 1 unspecified atom stereocenters. The number of hydrogen-bond donors (Lipinski definition) is 0. The van der Waals surface area contributed by atoms with E-state index in [0.29, 0.717) is 0 Å². The maximum Gasteiger partial charge on any atom is 0.214 e. The Labute approximate surface area is 119 Å². The molecule has 1 nitrogen and oxygen atoms in total. The Kier molecular flexibility index (Phi) is 2.29. The van der Waals surface area contributed by atoms with Gasteiger partial charge >= 0.3 is 0 Å². The maximum absolute atomic E-state index is 2.52. The lowest BCUT2D eigenvalue weighted by atomic mass is 9.89. The van der Waals surface area contributed by atoms with E-state index in [9.17, 15) is 0 Å². The van der Waals surface area contributed by atoms with Crippen molar-refractivity contribution in [1.29, 1.82) is 0 Å². The van der Waals surface area contributed by atoms with Crippen LogP contribution in [-0.2, 0) is 5.54 Å². The molecular weight excluding hydrogens is 242 g/mol. The van der Waals surface area contributed by atoms with Gasteiger partial charge in [-0.1, -0.05) is 37.3 Å². The summed E-state index contributed by atoms with van der Waals surface area (Å²) < 4.78 is 2.52. The third-order valence-corrected chi connectivity index (χ3v) is 4.80. The van der Waals surface area contributed by atoms with E-state index in [1.165, 1.54) is 27.7 Å². The Balaban J connectivity index is 2.19. The maximum atomic E-state index is 2.52. The SMILES string of the molecule is CCC1(C)c2ccccc2-c2ccc3ccccc3[n+]21. The second kappa shape index (κ2) is 3.92. The van der Waals surface area contributed by atoms with Gasteiger partial charge in [-0.05, 0) is 18.2 Å². The molecule has 0 spiro atoms. The van der Waals surface area contributed by atoms with Gasteiger partial charge in [0.25, 0.3) is 0 Å². The Morgan fingerprint density at radius 2 is 1.65 bits per heavy atom. The zero-order chi connectivity index (χ0) is 13.7. The molecule has 2 aromatic carbocycles. The first kappa shape index (κ1) is 11.7. The normalized spacial score (nSPS) is 19.9. The van der Waals surface area contributed by atoms with Crippen molar-refractivity contribution in [3.05, 3.63) is 66.2 Å². The molecule has 1 heteroatoms. The smallest absolute Gasteiger partial charge is 0.182 e. The zero-order valence-electron chi connectivity index (χ0n) is 11.9. The summed E-state index contributed by atoms with van der Waals surface area (Å²) in [4.78, 5) is 0. The molecule has 1 atom stereocenters. The molecule has 0 amide bonds. The van der Waals surface area contributed by atoms with Crippen molar-refractivity contribution in [2.75, 3.05) is 0 Å². The Bertz CT molecular complexity index is 819. The molecule has 0 radical (unpaired) electrons. The molecule has 20 heavy (non-hydrogen) atoms. The molecule has 0 N–H and O–H groups in total. The summed E-state index contributed by atoms with van der Waals surface area (Å²) in [6, 6.07) is 22.0. The van der Waals surface area contributed by atoms with Crippen LogP contribution in [0.2, 0.25) is 0 Å². The summed E-state index contributed by atoms with van der Waals surface area (Å²) >= 11 is 0. The lowest BCUT2D eigenvalue weighted by molar-refractivity contribution is -0.712. The van der Waals surface area contributed by atoms with E-state index >= 15 is 0 Å². The highest BCUT2D eigenvalue weighted by molar-refractivity contribution is 5.79. The molecule has 2 heterocycles. The monoisotopic (exact) mass is 260 g/mol. The van der Waals surface area contributed by atoms with Crippen molar-refractivity contribution in [3.63, 3.8) is 0 Å². The lowest BCUT2D eigenvalue weighted by Crippen LogP contribution is -2.52. The molecule has 0 saturated heterocycles. The summed E-state index contributed by atoms with van der Waals surface area (Å²) in [5.74, 6) is 0. The van der Waals surface area contributed by atoms with Crippen LogP contribution in [0.4, 0.5) is 0 Å². The second-order valence-electron chi connectivity index (χ2n) is 5.79. The minimum absolute atomic E-state index is 0.0484. The number of benzene rings is 2. The Morgan fingerprint density at radius 1 is 0.900 bits per heavy atom. The van der Waals surface area contributed by atoms with E-state index in [-0.39, 0.29) is 5.54 Å². The van der Waals surface area contributed by atoms with Gasteiger partial charge in [0.15, 0.2) is 5.54 Å². The van der Waals surface area contributed by atoms with Crippen LogP contribution in [0.15, 0.2) is 60.7 Å². The van der Waals surface area contributed by atoms with Gasteiger partial charge in [-0.2, -0.15) is 4.57 Å². The van der Waals surface area contributed by atoms with Crippen LogP contribution in [-0.4, -0.2) is 0 Å². The second-order valence-corrected chi connectivity index (χ2v) is 5.79. The standard InChI is InChI=1S/C19H18N/c1-3-19(2)16-10-6-5-9-15(16)18-13-12-14-8-4-7-11-17(14)20(18)19/h4-13H,3H2,1-2H3/q+1. The van der Waals surface area contributed by atoms with Gasteiger partial charge in [0.05, 0.1) is 5.56 Å². The molecule has 0 saturated carbocycles. The van der Waals surface area contributed by atoms with Gasteiger partial charge < -0.3 is 0 Å². The third-order valence-electron chi connectivity index (χ3n) is 4.80. The van der Waals surface area contributed by atoms with E-state index in [4.69, 9.17) is 0 Å². The zero-order valence-corrected chi connectivity index (χ0v) is 11.9. The molecule has 1 aromatic heterocycles. The lowest BCUT2D eigenvalue weighted by Gasteiger charge is -2.20. The first-order valence-corrected chi connectivity index (χ1v) is 7.30. The topological polar surface area (TPSA) is 3.88 Å². The fourth-order valence-electron chi connectivity index (χ4n) is 3.59. The Morgan fingerprint density at radius 3 is 2.50 bits per heavy atom. The average molecular weight is 260 g/mol. The predicted molar refractivity (Wildman–Crippen MR) is 82.6 cm³/mol. The molecule has 0 aliphatic carbocycles. The van der Waals surface area contributed by atoms with Crippen LogP contribution in [0.25, 0.3) is 22.2 Å². The van der Waals surface area contributed by atoms with E-state index in [2.05, 4.69) is 79.1 Å². The summed E-state index contributed by atoms with van der Waals surface area (Å²) in [5.41, 5.74) is 5.53. The minimum atomic E-state index is 0.0484. The molecule has 1 aliphatic rings. The van der Waals surface area contributed by atoms with E-state index in [1.807, 2.05) is 0 Å². The number of hydrogen-bond acceptors (Lipinski definition) is 0. The molecule has 4 rings (SSSR count). The first-order chi connectivity index (χ1) is 9.75. The van der Waals surface area contributed by atoms with E-state index in [0.717, 1.165) is 6.42 Å². The molecule has 3 aromatic rings. The van der Waals surface area contributed by atoms with Gasteiger partial charge in [0, 0.05) is 36.4 Å². The molecule has 98 valence electrons. The number of aromatic nitrogens is 1. The van der Waals surface area contributed by atoms with Gasteiger partial charge in [-0.3, -0.25) is 0 Å². The fourth-order valence-corrected chi connectivity index (χ4v) is 3.59. The molecule has 1 aliphatic heterocycles. The molecule has 0 bridgehead atoms. The fraction of sp³-hybridized carbons (Fsp3) is 0.211. The van der Waals surface area contributed by atoms with Crippen molar-refractivity contribution in [2.24, 2.45) is 0 Å². The van der Waals surface area contributed by atoms with Crippen molar-refractivity contribution in [3.8, 4) is 11.3 Å². The summed E-state index contributed by atoms with van der Waals surface area (Å²) in [7, 11) is 0. The van der Waals surface area contributed by atoms with Crippen LogP contribution in [0.5, 0.6) is 0 Å². The Hall–Kier alpha value is -2.15. The van der Waals surface area contributed by atoms with Crippen LogP contribution >= 0.6 is 0 Å². The molecular formula is C19H18N+. The van der Waals surface area contributed by atoms with Crippen molar-refractivity contribution >= 4 is 10.9 Å². The largest absolute Gasteiger partial charge is 0.214 e. The van der Waals surface area contributed by atoms with Crippen molar-refractivity contribution in [2.45, 2.75) is 25.8 Å². The van der Waals surface area contributed by atoms with Gasteiger partial charge in [-0.15, -0.1) is 0 Å². The third kappa shape index (κ3) is 1.30. The number of fused-ring (bicyclic) bond motifs is 5. The average Bonchev–Trinajstić information content (AvgIpc) is 2.78. The highest BCUT2D eigenvalue weighted by Gasteiger charge is 2.46. The highest BCUT2D eigenvalue weighted by Crippen LogP contribution is 2.40. The number of pyridine rings is 1. The van der Waals surface area contributed by atoms with Crippen LogP contribution in [0, 0.1) is 0 Å².